The summed E-state index contributed by atoms with van der Waals surface area (Å²) in [6, 6.07) is 3.68. The van der Waals surface area contributed by atoms with Crippen LogP contribution < -0.4 is 0 Å². The van der Waals surface area contributed by atoms with Crippen molar-refractivity contribution < 1.29 is 4.79 Å². The maximum atomic E-state index is 12.4. The molecular formula is C15H19N5O. The van der Waals surface area contributed by atoms with Crippen molar-refractivity contribution in [3.63, 3.8) is 0 Å². The number of nitrogens with zero attached hydrogens (tertiary/aromatic N) is 5. The van der Waals surface area contributed by atoms with Crippen molar-refractivity contribution in [3.05, 3.63) is 41.7 Å². The van der Waals surface area contributed by atoms with E-state index in [1.807, 2.05) is 34.7 Å². The van der Waals surface area contributed by atoms with E-state index in [1.54, 1.807) is 6.20 Å². The zero-order valence-electron chi connectivity index (χ0n) is 12.4. The van der Waals surface area contributed by atoms with Gasteiger partial charge in [-0.2, -0.15) is 0 Å². The van der Waals surface area contributed by atoms with Crippen LogP contribution in [0.15, 0.2) is 24.5 Å². The molecule has 0 N–H and O–H groups in total. The zero-order valence-corrected chi connectivity index (χ0v) is 12.4. The maximum Gasteiger partial charge on any atom is 0.245 e. The number of carbonyl (C=O) groups excluding carboxylic acids is 1. The molecule has 0 saturated carbocycles. The standard InChI is InChI=1S/C15H19N5O/c1-3-7-19-10-14-18-17-13(20(14)11(2)15(19)21)8-12-5-4-6-16-9-12/h4-6,9,11H,3,7-8,10H2,1-2H3/t11-/m0/s1. The average molecular weight is 285 g/mol. The number of pyridine rings is 1. The monoisotopic (exact) mass is 285 g/mol. The van der Waals surface area contributed by atoms with Gasteiger partial charge in [0.2, 0.25) is 5.91 Å². The van der Waals surface area contributed by atoms with E-state index in [0.29, 0.717) is 13.0 Å². The van der Waals surface area contributed by atoms with E-state index < -0.39 is 0 Å². The van der Waals surface area contributed by atoms with Crippen molar-refractivity contribution >= 4 is 5.91 Å². The Kier molecular flexibility index (Phi) is 3.68. The summed E-state index contributed by atoms with van der Waals surface area (Å²) in [4.78, 5) is 18.4. The molecule has 0 spiro atoms. The van der Waals surface area contributed by atoms with E-state index in [1.165, 1.54) is 0 Å². The Hall–Kier alpha value is -2.24. The first-order valence-electron chi connectivity index (χ1n) is 7.31. The Balaban J connectivity index is 1.89. The first-order valence-corrected chi connectivity index (χ1v) is 7.31. The molecule has 3 heterocycles. The first kappa shape index (κ1) is 13.7. The number of hydrogen-bond donors (Lipinski definition) is 0. The molecule has 2 aromatic rings. The van der Waals surface area contributed by atoms with E-state index in [-0.39, 0.29) is 11.9 Å². The van der Waals surface area contributed by atoms with Crippen LogP contribution in [0.2, 0.25) is 0 Å². The van der Waals surface area contributed by atoms with Gasteiger partial charge in [0.15, 0.2) is 5.82 Å². The molecule has 6 nitrogen and oxygen atoms in total. The fraction of sp³-hybridized carbons (Fsp3) is 0.467. The molecule has 0 aliphatic carbocycles. The van der Waals surface area contributed by atoms with Gasteiger partial charge < -0.3 is 9.47 Å². The quantitative estimate of drug-likeness (QED) is 0.855. The highest BCUT2D eigenvalue weighted by Gasteiger charge is 2.32. The number of carbonyl (C=O) groups is 1. The Labute approximate surface area is 123 Å². The molecule has 0 unspecified atom stereocenters. The molecule has 0 fully saturated rings. The molecule has 1 aliphatic heterocycles. The molecule has 110 valence electrons. The van der Waals surface area contributed by atoms with Gasteiger partial charge in [-0.25, -0.2) is 0 Å². The predicted octanol–water partition coefficient (Wildman–Crippen LogP) is 1.58. The predicted molar refractivity (Wildman–Crippen MR) is 77.5 cm³/mol. The van der Waals surface area contributed by atoms with Crippen molar-refractivity contribution in [2.45, 2.75) is 39.3 Å². The second-order valence-corrected chi connectivity index (χ2v) is 5.38. The Morgan fingerprint density at radius 1 is 1.38 bits per heavy atom. The molecule has 1 atom stereocenters. The van der Waals surface area contributed by atoms with E-state index in [9.17, 15) is 4.79 Å². The summed E-state index contributed by atoms with van der Waals surface area (Å²) in [5.41, 5.74) is 1.07. The van der Waals surface area contributed by atoms with Crippen molar-refractivity contribution in [2.24, 2.45) is 0 Å². The van der Waals surface area contributed by atoms with Crippen LogP contribution >= 0.6 is 0 Å². The molecule has 3 rings (SSSR count). The van der Waals surface area contributed by atoms with Crippen molar-refractivity contribution in [1.29, 1.82) is 0 Å². The minimum absolute atomic E-state index is 0.150. The van der Waals surface area contributed by atoms with E-state index in [2.05, 4.69) is 22.1 Å². The molecule has 2 aromatic heterocycles. The highest BCUT2D eigenvalue weighted by Crippen LogP contribution is 2.23. The summed E-state index contributed by atoms with van der Waals surface area (Å²) in [5, 5.41) is 8.55. The number of aromatic nitrogens is 4. The van der Waals surface area contributed by atoms with Crippen LogP contribution in [-0.4, -0.2) is 37.1 Å². The van der Waals surface area contributed by atoms with Crippen molar-refractivity contribution in [1.82, 2.24) is 24.6 Å². The fourth-order valence-electron chi connectivity index (χ4n) is 2.80. The smallest absolute Gasteiger partial charge is 0.245 e. The van der Waals surface area contributed by atoms with Crippen LogP contribution in [0.1, 0.15) is 43.5 Å². The van der Waals surface area contributed by atoms with Gasteiger partial charge >= 0.3 is 0 Å². The lowest BCUT2D eigenvalue weighted by atomic mass is 10.1. The summed E-state index contributed by atoms with van der Waals surface area (Å²) in [6.07, 6.45) is 5.17. The lowest BCUT2D eigenvalue weighted by Crippen LogP contribution is -2.42. The van der Waals surface area contributed by atoms with Gasteiger partial charge in [0.05, 0.1) is 6.54 Å². The highest BCUT2D eigenvalue weighted by molar-refractivity contribution is 5.81. The highest BCUT2D eigenvalue weighted by atomic mass is 16.2. The van der Waals surface area contributed by atoms with Gasteiger partial charge in [0.25, 0.3) is 0 Å². The Morgan fingerprint density at radius 3 is 2.95 bits per heavy atom. The van der Waals surface area contributed by atoms with Crippen LogP contribution in [0.25, 0.3) is 0 Å². The third-order valence-electron chi connectivity index (χ3n) is 3.80. The molecule has 0 bridgehead atoms. The van der Waals surface area contributed by atoms with Crippen molar-refractivity contribution in [3.8, 4) is 0 Å². The third-order valence-corrected chi connectivity index (χ3v) is 3.80. The summed E-state index contributed by atoms with van der Waals surface area (Å²) in [6.45, 7) is 5.32. The van der Waals surface area contributed by atoms with Gasteiger partial charge in [-0.3, -0.25) is 9.78 Å². The van der Waals surface area contributed by atoms with Crippen LogP contribution in [0.5, 0.6) is 0 Å². The normalized spacial score (nSPS) is 17.9. The molecule has 21 heavy (non-hydrogen) atoms. The van der Waals surface area contributed by atoms with Crippen molar-refractivity contribution in [2.75, 3.05) is 6.54 Å². The second-order valence-electron chi connectivity index (χ2n) is 5.38. The second kappa shape index (κ2) is 5.63. The number of rotatable bonds is 4. The summed E-state index contributed by atoms with van der Waals surface area (Å²) in [5.74, 6) is 1.85. The summed E-state index contributed by atoms with van der Waals surface area (Å²) < 4.78 is 1.97. The molecule has 0 radical (unpaired) electrons. The fourth-order valence-corrected chi connectivity index (χ4v) is 2.80. The summed E-state index contributed by atoms with van der Waals surface area (Å²) >= 11 is 0. The van der Waals surface area contributed by atoms with E-state index >= 15 is 0 Å². The third kappa shape index (κ3) is 2.53. The van der Waals surface area contributed by atoms with Crippen LogP contribution in [-0.2, 0) is 17.8 Å². The van der Waals surface area contributed by atoms with Gasteiger partial charge in [0, 0.05) is 25.4 Å². The summed E-state index contributed by atoms with van der Waals surface area (Å²) in [7, 11) is 0. The van der Waals surface area contributed by atoms with E-state index in [0.717, 1.165) is 30.2 Å². The first-order chi connectivity index (χ1) is 10.2. The molecule has 6 heteroatoms. The molecule has 0 aromatic carbocycles. The van der Waals surface area contributed by atoms with Gasteiger partial charge in [-0.15, -0.1) is 10.2 Å². The SMILES string of the molecule is CCCN1Cc2nnc(Cc3cccnc3)n2[C@@H](C)C1=O. The van der Waals surface area contributed by atoms with Crippen LogP contribution in [0.3, 0.4) is 0 Å². The average Bonchev–Trinajstić information content (AvgIpc) is 2.89. The number of hydrogen-bond acceptors (Lipinski definition) is 4. The largest absolute Gasteiger partial charge is 0.333 e. The minimum Gasteiger partial charge on any atom is -0.333 e. The Morgan fingerprint density at radius 2 is 2.24 bits per heavy atom. The van der Waals surface area contributed by atoms with Crippen LogP contribution in [0.4, 0.5) is 0 Å². The number of amides is 1. The molecule has 0 saturated heterocycles. The van der Waals surface area contributed by atoms with E-state index in [4.69, 9.17) is 0 Å². The lowest BCUT2D eigenvalue weighted by Gasteiger charge is -2.31. The zero-order chi connectivity index (χ0) is 14.8. The van der Waals surface area contributed by atoms with Gasteiger partial charge in [0.1, 0.15) is 11.9 Å². The maximum absolute atomic E-state index is 12.4. The molecule has 1 aliphatic rings. The van der Waals surface area contributed by atoms with Gasteiger partial charge in [-0.05, 0) is 25.0 Å². The molecular weight excluding hydrogens is 266 g/mol. The minimum atomic E-state index is -0.234. The lowest BCUT2D eigenvalue weighted by molar-refractivity contribution is -0.137. The number of fused-ring (bicyclic) bond motifs is 1. The van der Waals surface area contributed by atoms with Gasteiger partial charge in [-0.1, -0.05) is 13.0 Å². The topological polar surface area (TPSA) is 63.9 Å². The Bertz CT molecular complexity index is 637. The molecule has 1 amide bonds. The van der Waals surface area contributed by atoms with Crippen LogP contribution in [0, 0.1) is 0 Å².